The van der Waals surface area contributed by atoms with Gasteiger partial charge < -0.3 is 15.3 Å². The average molecular weight is 377 g/mol. The summed E-state index contributed by atoms with van der Waals surface area (Å²) in [5, 5.41) is 29.1. The van der Waals surface area contributed by atoms with Gasteiger partial charge in [-0.1, -0.05) is 61.8 Å². The molecular weight excluding hydrogens is 336 g/mol. The summed E-state index contributed by atoms with van der Waals surface area (Å²) >= 11 is 0. The number of hydrogen-bond donors (Lipinski definition) is 3. The normalized spacial score (nSPS) is 24.6. The molecule has 0 aromatic rings. The number of rotatable bonds is 13. The van der Waals surface area contributed by atoms with Gasteiger partial charge in [0.15, 0.2) is 0 Å². The zero-order valence-electron chi connectivity index (χ0n) is 17.3. The minimum absolute atomic E-state index is 0.414. The Balaban J connectivity index is 2.36. The molecule has 1 fully saturated rings. The summed E-state index contributed by atoms with van der Waals surface area (Å²) in [5.41, 5.74) is -0.137. The molecule has 3 heteroatoms. The summed E-state index contributed by atoms with van der Waals surface area (Å²) in [6, 6.07) is 0. The molecule has 1 rings (SSSR count). The van der Waals surface area contributed by atoms with Crippen LogP contribution < -0.4 is 0 Å². The summed E-state index contributed by atoms with van der Waals surface area (Å²) in [4.78, 5) is 0. The van der Waals surface area contributed by atoms with E-state index in [1.165, 1.54) is 43.8 Å². The van der Waals surface area contributed by atoms with Gasteiger partial charge in [0.25, 0.3) is 0 Å². The predicted octanol–water partition coefficient (Wildman–Crippen LogP) is 5.09. The van der Waals surface area contributed by atoms with E-state index in [0.717, 1.165) is 12.8 Å². The van der Waals surface area contributed by atoms with Crippen LogP contribution in [0.1, 0.15) is 71.6 Å². The van der Waals surface area contributed by atoms with E-state index in [2.05, 4.69) is 50.8 Å². The first-order chi connectivity index (χ1) is 13.0. The molecule has 0 spiro atoms. The number of aliphatic hydroxyl groups is 3. The Morgan fingerprint density at radius 3 is 2.67 bits per heavy atom. The van der Waals surface area contributed by atoms with Crippen LogP contribution in [0.25, 0.3) is 0 Å². The van der Waals surface area contributed by atoms with Crippen molar-refractivity contribution in [1.82, 2.24) is 0 Å². The van der Waals surface area contributed by atoms with E-state index in [1.54, 1.807) is 0 Å². The van der Waals surface area contributed by atoms with E-state index >= 15 is 0 Å². The lowest BCUT2D eigenvalue weighted by Gasteiger charge is -2.27. The molecule has 1 saturated carbocycles. The van der Waals surface area contributed by atoms with Crippen molar-refractivity contribution < 1.29 is 15.3 Å². The molecule has 3 nitrogen and oxygen atoms in total. The third-order valence-corrected chi connectivity index (χ3v) is 5.72. The minimum atomic E-state index is -1.60. The van der Waals surface area contributed by atoms with E-state index in [0.29, 0.717) is 24.7 Å². The van der Waals surface area contributed by atoms with Gasteiger partial charge >= 0.3 is 0 Å². The lowest BCUT2D eigenvalue weighted by atomic mass is 9.91. The molecule has 0 bridgehead atoms. The van der Waals surface area contributed by atoms with Crippen molar-refractivity contribution in [2.45, 2.75) is 83.3 Å². The second-order valence-electron chi connectivity index (χ2n) is 7.98. The zero-order chi connectivity index (χ0) is 20.1. The number of unbranched alkanes of at least 4 members (excludes halogenated alkanes) is 1. The van der Waals surface area contributed by atoms with Crippen molar-refractivity contribution in [2.75, 3.05) is 6.61 Å². The zero-order valence-corrected chi connectivity index (χ0v) is 17.3. The second kappa shape index (κ2) is 13.1. The van der Waals surface area contributed by atoms with Gasteiger partial charge in [0.05, 0.1) is 12.7 Å². The smallest absolute Gasteiger partial charge is 0.131 e. The van der Waals surface area contributed by atoms with E-state index < -0.39 is 18.3 Å². The van der Waals surface area contributed by atoms with Crippen molar-refractivity contribution in [2.24, 2.45) is 11.8 Å². The van der Waals surface area contributed by atoms with Gasteiger partial charge in [-0.25, -0.2) is 0 Å². The van der Waals surface area contributed by atoms with Crippen LogP contribution in [-0.4, -0.2) is 33.6 Å². The Kier molecular flexibility index (Phi) is 11.6. The second-order valence-corrected chi connectivity index (χ2v) is 7.98. The van der Waals surface area contributed by atoms with Crippen LogP contribution in [0.5, 0.6) is 0 Å². The van der Waals surface area contributed by atoms with E-state index in [4.69, 9.17) is 5.11 Å². The van der Waals surface area contributed by atoms with E-state index in [9.17, 15) is 10.2 Å². The fourth-order valence-corrected chi connectivity index (χ4v) is 3.71. The fourth-order valence-electron chi connectivity index (χ4n) is 3.71. The van der Waals surface area contributed by atoms with Crippen LogP contribution in [0.4, 0.5) is 0 Å². The van der Waals surface area contributed by atoms with Crippen molar-refractivity contribution in [3.63, 3.8) is 0 Å². The highest BCUT2D eigenvalue weighted by atomic mass is 16.4. The quantitative estimate of drug-likeness (QED) is 0.392. The van der Waals surface area contributed by atoms with Crippen molar-refractivity contribution in [3.8, 4) is 0 Å². The van der Waals surface area contributed by atoms with Gasteiger partial charge in [-0.15, -0.1) is 6.58 Å². The Morgan fingerprint density at radius 2 is 2.00 bits per heavy atom. The summed E-state index contributed by atoms with van der Waals surface area (Å²) in [6.45, 7) is 7.40. The average Bonchev–Trinajstić information content (AvgIpc) is 3.12. The third kappa shape index (κ3) is 8.59. The molecule has 2 unspecified atom stereocenters. The lowest BCUT2D eigenvalue weighted by molar-refractivity contribution is -0.0731. The predicted molar refractivity (Wildman–Crippen MR) is 114 cm³/mol. The largest absolute Gasteiger partial charge is 0.393 e. The maximum Gasteiger partial charge on any atom is 0.131 e. The van der Waals surface area contributed by atoms with Crippen LogP contribution in [-0.2, 0) is 0 Å². The summed E-state index contributed by atoms with van der Waals surface area (Å²) in [6.07, 6.45) is 21.1. The first kappa shape index (κ1) is 23.9. The molecule has 27 heavy (non-hydrogen) atoms. The molecule has 154 valence electrons. The molecule has 0 aromatic heterocycles. The maximum atomic E-state index is 9.99. The first-order valence-corrected chi connectivity index (χ1v) is 10.6. The van der Waals surface area contributed by atoms with Crippen LogP contribution in [0, 0.1) is 11.8 Å². The van der Waals surface area contributed by atoms with Crippen molar-refractivity contribution in [1.29, 1.82) is 0 Å². The Bertz CT molecular complexity index is 506. The minimum Gasteiger partial charge on any atom is -0.393 e. The van der Waals surface area contributed by atoms with Crippen LogP contribution in [0.15, 0.2) is 48.6 Å². The van der Waals surface area contributed by atoms with Gasteiger partial charge in [0.2, 0.25) is 0 Å². The fraction of sp³-hybridized carbons (Fsp3) is 0.667. The monoisotopic (exact) mass is 376 g/mol. The highest BCUT2D eigenvalue weighted by Crippen LogP contribution is 2.35. The van der Waals surface area contributed by atoms with Crippen LogP contribution in [0.2, 0.25) is 0 Å². The topological polar surface area (TPSA) is 60.7 Å². The van der Waals surface area contributed by atoms with Crippen molar-refractivity contribution in [3.05, 3.63) is 48.6 Å². The molecule has 0 heterocycles. The Hall–Kier alpha value is -1.16. The van der Waals surface area contributed by atoms with Gasteiger partial charge in [-0.3, -0.25) is 0 Å². The van der Waals surface area contributed by atoms with Gasteiger partial charge in [-0.2, -0.15) is 0 Å². The molecule has 1 aliphatic carbocycles. The standard InChI is InChI=1S/C24H40O3/c1-4-6-12-20(3)13-10-15-22-17-11-16-21(22)14-8-7-9-18-23(26)24(27,5-2)19-25/h5,7-8,10,12,15,21-23,25-27H,2,4,6,9,11,13-14,16-19H2,1,3H3/b8-7-,15-10+,20-12+/t21-,22-,23?,24?/m0/s1. The number of aliphatic hydroxyl groups excluding tert-OH is 2. The lowest BCUT2D eigenvalue weighted by Crippen LogP contribution is -2.43. The van der Waals surface area contributed by atoms with E-state index in [1.807, 2.05) is 0 Å². The first-order valence-electron chi connectivity index (χ1n) is 10.6. The van der Waals surface area contributed by atoms with Crippen molar-refractivity contribution >= 4 is 0 Å². The van der Waals surface area contributed by atoms with E-state index in [-0.39, 0.29) is 0 Å². The Labute approximate surface area is 166 Å². The van der Waals surface area contributed by atoms with Gasteiger partial charge in [0.1, 0.15) is 5.60 Å². The maximum absolute atomic E-state index is 9.99. The molecule has 0 amide bonds. The molecule has 0 aliphatic heterocycles. The van der Waals surface area contributed by atoms with Crippen LogP contribution >= 0.6 is 0 Å². The molecule has 1 aliphatic rings. The van der Waals surface area contributed by atoms with Gasteiger partial charge in [-0.05, 0) is 63.7 Å². The summed E-state index contributed by atoms with van der Waals surface area (Å²) in [7, 11) is 0. The molecule has 0 radical (unpaired) electrons. The Morgan fingerprint density at radius 1 is 1.22 bits per heavy atom. The number of allylic oxidation sites excluding steroid dienone is 6. The summed E-state index contributed by atoms with van der Waals surface area (Å²) in [5.74, 6) is 1.39. The number of hydrogen-bond acceptors (Lipinski definition) is 3. The molecule has 0 saturated heterocycles. The molecule has 0 aromatic carbocycles. The SMILES string of the molecule is C=CC(O)(CO)C(O)CC/C=C\C[C@H]1CCC[C@@H]1/C=C/C/C(C)=C/CCC. The van der Waals surface area contributed by atoms with Crippen LogP contribution in [0.3, 0.4) is 0 Å². The molecular formula is C24H40O3. The van der Waals surface area contributed by atoms with Gasteiger partial charge in [0, 0.05) is 0 Å². The molecule has 4 atom stereocenters. The highest BCUT2D eigenvalue weighted by Gasteiger charge is 2.30. The summed E-state index contributed by atoms with van der Waals surface area (Å²) < 4.78 is 0. The molecule has 3 N–H and O–H groups in total. The highest BCUT2D eigenvalue weighted by molar-refractivity contribution is 5.07. The third-order valence-electron chi connectivity index (χ3n) is 5.72.